The smallest absolute Gasteiger partial charge is 0.289 e. The Morgan fingerprint density at radius 1 is 1.48 bits per heavy atom. The number of sulfonamides is 1. The number of nitrogens with one attached hydrogen (secondary N) is 1. The van der Waals surface area contributed by atoms with E-state index in [0.29, 0.717) is 26.1 Å². The Labute approximate surface area is 146 Å². The van der Waals surface area contributed by atoms with Gasteiger partial charge in [-0.05, 0) is 31.4 Å². The Balaban J connectivity index is 1.66. The van der Waals surface area contributed by atoms with Crippen LogP contribution in [0.1, 0.15) is 36.7 Å². The van der Waals surface area contributed by atoms with Crippen LogP contribution >= 0.6 is 0 Å². The average Bonchev–Trinajstić information content (AvgIpc) is 3.26. The Kier molecular flexibility index (Phi) is 5.24. The molecule has 3 heterocycles. The summed E-state index contributed by atoms with van der Waals surface area (Å²) in [5, 5.41) is 4.06. The summed E-state index contributed by atoms with van der Waals surface area (Å²) in [7, 11) is -3.66. The zero-order valence-electron chi connectivity index (χ0n) is 14.1. The molecule has 8 nitrogen and oxygen atoms in total. The molecule has 1 unspecified atom stereocenters. The fourth-order valence-corrected chi connectivity index (χ4v) is 4.15. The van der Waals surface area contributed by atoms with Crippen molar-refractivity contribution in [3.05, 3.63) is 36.5 Å². The third-order valence-electron chi connectivity index (χ3n) is 4.13. The molecule has 2 aromatic rings. The van der Waals surface area contributed by atoms with Crippen LogP contribution in [-0.4, -0.2) is 48.1 Å². The summed E-state index contributed by atoms with van der Waals surface area (Å²) >= 11 is 0. The van der Waals surface area contributed by atoms with Gasteiger partial charge in [-0.25, -0.2) is 13.1 Å². The zero-order valence-corrected chi connectivity index (χ0v) is 14.9. The van der Waals surface area contributed by atoms with Crippen LogP contribution in [0.25, 0.3) is 0 Å². The minimum atomic E-state index is -3.66. The summed E-state index contributed by atoms with van der Waals surface area (Å²) in [6.45, 7) is 3.58. The third kappa shape index (κ3) is 4.10. The fraction of sp³-hybridized carbons (Fsp3) is 0.500. The molecule has 1 N–H and O–H groups in total. The Hall–Kier alpha value is -2.13. The summed E-state index contributed by atoms with van der Waals surface area (Å²) < 4.78 is 34.5. The van der Waals surface area contributed by atoms with Gasteiger partial charge < -0.3 is 9.32 Å². The highest BCUT2D eigenvalue weighted by Gasteiger charge is 2.29. The molecule has 3 rings (SSSR count). The van der Waals surface area contributed by atoms with E-state index in [4.69, 9.17) is 4.42 Å². The van der Waals surface area contributed by atoms with Gasteiger partial charge in [0.05, 0.1) is 12.5 Å². The van der Waals surface area contributed by atoms with Crippen molar-refractivity contribution in [2.45, 2.75) is 43.7 Å². The van der Waals surface area contributed by atoms with E-state index in [1.165, 1.54) is 18.7 Å². The standard InChI is InChI=1S/C16H22N4O4S/c1-2-7-20-12-14(10-17-20)25(22,23)18-13-5-3-8-19(11-13)16(21)15-6-4-9-24-15/h4,6,9-10,12-13,18H,2-3,5,7-8,11H2,1H3. The largest absolute Gasteiger partial charge is 0.459 e. The minimum absolute atomic E-state index is 0.149. The Morgan fingerprint density at radius 3 is 3.04 bits per heavy atom. The number of amides is 1. The number of hydrogen-bond acceptors (Lipinski definition) is 5. The van der Waals surface area contributed by atoms with E-state index in [-0.39, 0.29) is 22.6 Å². The Morgan fingerprint density at radius 2 is 2.32 bits per heavy atom. The van der Waals surface area contributed by atoms with Crippen LogP contribution in [0.15, 0.2) is 40.1 Å². The topological polar surface area (TPSA) is 97.4 Å². The molecule has 0 aromatic carbocycles. The Bertz CT molecular complexity index is 813. The molecule has 0 radical (unpaired) electrons. The normalized spacial score (nSPS) is 18.4. The van der Waals surface area contributed by atoms with Crippen molar-refractivity contribution in [1.29, 1.82) is 0 Å². The van der Waals surface area contributed by atoms with Crippen molar-refractivity contribution in [2.75, 3.05) is 13.1 Å². The van der Waals surface area contributed by atoms with Gasteiger partial charge in [0.15, 0.2) is 5.76 Å². The maximum atomic E-state index is 12.5. The van der Waals surface area contributed by atoms with E-state index >= 15 is 0 Å². The van der Waals surface area contributed by atoms with Gasteiger partial charge in [0.2, 0.25) is 10.0 Å². The number of rotatable bonds is 6. The molecule has 9 heteroatoms. The van der Waals surface area contributed by atoms with Crippen molar-refractivity contribution < 1.29 is 17.6 Å². The molecular weight excluding hydrogens is 344 g/mol. The quantitative estimate of drug-likeness (QED) is 0.835. The van der Waals surface area contributed by atoms with Gasteiger partial charge in [-0.2, -0.15) is 5.10 Å². The van der Waals surface area contributed by atoms with E-state index in [1.807, 2.05) is 6.92 Å². The number of aryl methyl sites for hydroxylation is 1. The molecule has 1 atom stereocenters. The van der Waals surface area contributed by atoms with Crippen LogP contribution in [0.5, 0.6) is 0 Å². The van der Waals surface area contributed by atoms with Crippen molar-refractivity contribution >= 4 is 15.9 Å². The number of nitrogens with zero attached hydrogens (tertiary/aromatic N) is 3. The van der Waals surface area contributed by atoms with Crippen LogP contribution in [0.2, 0.25) is 0 Å². The summed E-state index contributed by atoms with van der Waals surface area (Å²) in [6.07, 6.45) is 6.62. The number of hydrogen-bond donors (Lipinski definition) is 1. The van der Waals surface area contributed by atoms with Gasteiger partial charge in [0.1, 0.15) is 4.90 Å². The van der Waals surface area contributed by atoms with Crippen molar-refractivity contribution in [3.63, 3.8) is 0 Å². The molecule has 136 valence electrons. The molecule has 0 bridgehead atoms. The van der Waals surface area contributed by atoms with Gasteiger partial charge in [-0.15, -0.1) is 0 Å². The monoisotopic (exact) mass is 366 g/mol. The lowest BCUT2D eigenvalue weighted by Crippen LogP contribution is -2.49. The molecular formula is C16H22N4O4S. The second-order valence-electron chi connectivity index (χ2n) is 6.13. The molecule has 1 fully saturated rings. The lowest BCUT2D eigenvalue weighted by atomic mass is 10.1. The van der Waals surface area contributed by atoms with Crippen LogP contribution < -0.4 is 4.72 Å². The molecule has 0 aliphatic carbocycles. The highest BCUT2D eigenvalue weighted by molar-refractivity contribution is 7.89. The molecule has 1 aliphatic rings. The maximum Gasteiger partial charge on any atom is 0.289 e. The SMILES string of the molecule is CCCn1cc(S(=O)(=O)NC2CCCN(C(=O)c3ccco3)C2)cn1. The average molecular weight is 366 g/mol. The van der Waals surface area contributed by atoms with Crippen LogP contribution in [0.3, 0.4) is 0 Å². The number of piperidine rings is 1. The molecule has 1 amide bonds. The molecule has 0 spiro atoms. The van der Waals surface area contributed by atoms with Crippen LogP contribution in [0.4, 0.5) is 0 Å². The van der Waals surface area contributed by atoms with Gasteiger partial charge >= 0.3 is 0 Å². The number of carbonyl (C=O) groups excluding carboxylic acids is 1. The predicted molar refractivity (Wildman–Crippen MR) is 90.5 cm³/mol. The first kappa shape index (κ1) is 17.7. The second-order valence-corrected chi connectivity index (χ2v) is 7.84. The maximum absolute atomic E-state index is 12.5. The number of likely N-dealkylation sites (tertiary alicyclic amines) is 1. The molecule has 0 saturated carbocycles. The first-order valence-electron chi connectivity index (χ1n) is 8.37. The summed E-state index contributed by atoms with van der Waals surface area (Å²) in [5.41, 5.74) is 0. The predicted octanol–water partition coefficient (Wildman–Crippen LogP) is 1.47. The molecule has 25 heavy (non-hydrogen) atoms. The van der Waals surface area contributed by atoms with E-state index in [2.05, 4.69) is 9.82 Å². The highest BCUT2D eigenvalue weighted by Crippen LogP contribution is 2.17. The van der Waals surface area contributed by atoms with Crippen LogP contribution in [0, 0.1) is 0 Å². The lowest BCUT2D eigenvalue weighted by Gasteiger charge is -2.32. The zero-order chi connectivity index (χ0) is 17.9. The summed E-state index contributed by atoms with van der Waals surface area (Å²) in [6, 6.07) is 2.94. The lowest BCUT2D eigenvalue weighted by molar-refractivity contribution is 0.0671. The summed E-state index contributed by atoms with van der Waals surface area (Å²) in [4.78, 5) is 14.1. The minimum Gasteiger partial charge on any atom is -0.459 e. The van der Waals surface area contributed by atoms with Gasteiger partial charge in [-0.3, -0.25) is 9.48 Å². The van der Waals surface area contributed by atoms with E-state index in [1.54, 1.807) is 21.7 Å². The molecule has 2 aromatic heterocycles. The second kappa shape index (κ2) is 7.40. The first-order chi connectivity index (χ1) is 12.0. The third-order valence-corrected chi connectivity index (χ3v) is 5.61. The van der Waals surface area contributed by atoms with Crippen molar-refractivity contribution in [2.24, 2.45) is 0 Å². The molecule has 1 saturated heterocycles. The fourth-order valence-electron chi connectivity index (χ4n) is 2.94. The van der Waals surface area contributed by atoms with E-state index < -0.39 is 10.0 Å². The van der Waals surface area contributed by atoms with Crippen molar-refractivity contribution in [3.8, 4) is 0 Å². The van der Waals surface area contributed by atoms with Crippen molar-refractivity contribution in [1.82, 2.24) is 19.4 Å². The van der Waals surface area contributed by atoms with Gasteiger partial charge in [-0.1, -0.05) is 6.92 Å². The van der Waals surface area contributed by atoms with Gasteiger partial charge in [0, 0.05) is 31.9 Å². The molecule has 1 aliphatic heterocycles. The van der Waals surface area contributed by atoms with Gasteiger partial charge in [0.25, 0.3) is 5.91 Å². The number of aromatic nitrogens is 2. The number of carbonyl (C=O) groups is 1. The number of furan rings is 1. The van der Waals surface area contributed by atoms with Crippen LogP contribution in [-0.2, 0) is 16.6 Å². The first-order valence-corrected chi connectivity index (χ1v) is 9.85. The van der Waals surface area contributed by atoms with E-state index in [9.17, 15) is 13.2 Å². The summed E-state index contributed by atoms with van der Waals surface area (Å²) in [5.74, 6) is 0.0500. The van der Waals surface area contributed by atoms with E-state index in [0.717, 1.165) is 12.8 Å². The highest BCUT2D eigenvalue weighted by atomic mass is 32.2.